The summed E-state index contributed by atoms with van der Waals surface area (Å²) in [6.45, 7) is 0.292. The molecule has 2 N–H and O–H groups in total. The molecule has 0 unspecified atom stereocenters. The van der Waals surface area contributed by atoms with Crippen LogP contribution in [0.5, 0.6) is 0 Å². The number of aromatic nitrogens is 1. The number of rotatable bonds is 2. The van der Waals surface area contributed by atoms with Crippen molar-refractivity contribution >= 4 is 17.4 Å². The third kappa shape index (κ3) is 1.31. The van der Waals surface area contributed by atoms with Gasteiger partial charge in [-0.1, -0.05) is 5.16 Å². The Morgan fingerprint density at radius 2 is 2.54 bits per heavy atom. The number of amides is 1. The average Bonchev–Trinajstić information content (AvgIpc) is 2.72. The highest BCUT2D eigenvalue weighted by molar-refractivity contribution is 6.13. The largest absolute Gasteiger partial charge is 0.363 e. The van der Waals surface area contributed by atoms with E-state index in [1.54, 1.807) is 6.07 Å². The third-order valence-electron chi connectivity index (χ3n) is 1.71. The summed E-state index contributed by atoms with van der Waals surface area (Å²) in [4.78, 5) is 11.3. The summed E-state index contributed by atoms with van der Waals surface area (Å²) in [6.07, 6.45) is 1.65. The molecule has 0 saturated heterocycles. The number of hydrogen-bond acceptors (Lipinski definition) is 5. The third-order valence-corrected chi connectivity index (χ3v) is 1.71. The van der Waals surface area contributed by atoms with Crippen LogP contribution >= 0.6 is 0 Å². The smallest absolute Gasteiger partial charge is 0.254 e. The van der Waals surface area contributed by atoms with Crippen molar-refractivity contribution < 1.29 is 9.32 Å². The van der Waals surface area contributed by atoms with Gasteiger partial charge in [0.2, 0.25) is 0 Å². The molecule has 13 heavy (non-hydrogen) atoms. The van der Waals surface area contributed by atoms with Crippen molar-refractivity contribution in [3.05, 3.63) is 12.3 Å². The molecular formula is C7H8N4O2. The van der Waals surface area contributed by atoms with Gasteiger partial charge in [0.05, 0.1) is 12.1 Å². The van der Waals surface area contributed by atoms with Gasteiger partial charge in [0.25, 0.3) is 5.91 Å². The van der Waals surface area contributed by atoms with Crippen LogP contribution in [0.3, 0.4) is 0 Å². The maximum absolute atomic E-state index is 11.3. The van der Waals surface area contributed by atoms with E-state index >= 15 is 0 Å². The Morgan fingerprint density at radius 1 is 1.69 bits per heavy atom. The fourth-order valence-corrected chi connectivity index (χ4v) is 1.09. The van der Waals surface area contributed by atoms with Crippen molar-refractivity contribution in [2.45, 2.75) is 6.42 Å². The molecule has 2 heterocycles. The minimum absolute atomic E-state index is 0.130. The Bertz CT molecular complexity index is 343. The number of hydrogen-bond donors (Lipinski definition) is 1. The van der Waals surface area contributed by atoms with Crippen molar-refractivity contribution in [2.75, 3.05) is 11.6 Å². The molecule has 6 nitrogen and oxygen atoms in total. The number of carbonyl (C=O) groups excluding carboxylic acids is 1. The topological polar surface area (TPSA) is 84.7 Å². The zero-order valence-electron chi connectivity index (χ0n) is 6.80. The van der Waals surface area contributed by atoms with Gasteiger partial charge in [0.15, 0.2) is 5.82 Å². The normalized spacial score (nSPS) is 16.5. The molecule has 6 heteroatoms. The summed E-state index contributed by atoms with van der Waals surface area (Å²) >= 11 is 0. The monoisotopic (exact) mass is 180 g/mol. The minimum Gasteiger partial charge on any atom is -0.363 e. The first kappa shape index (κ1) is 7.93. The van der Waals surface area contributed by atoms with Crippen molar-refractivity contribution in [3.8, 4) is 0 Å². The van der Waals surface area contributed by atoms with Crippen LogP contribution in [0, 0.1) is 0 Å². The Balaban J connectivity index is 2.26. The van der Waals surface area contributed by atoms with E-state index in [-0.39, 0.29) is 12.3 Å². The van der Waals surface area contributed by atoms with Crippen molar-refractivity contribution in [3.63, 3.8) is 0 Å². The van der Waals surface area contributed by atoms with E-state index in [1.807, 2.05) is 0 Å². The molecule has 1 aromatic heterocycles. The molecule has 0 saturated carbocycles. The van der Waals surface area contributed by atoms with E-state index in [0.717, 1.165) is 0 Å². The van der Waals surface area contributed by atoms with Gasteiger partial charge in [-0.25, -0.2) is 0 Å². The highest BCUT2D eigenvalue weighted by Crippen LogP contribution is 2.17. The second-order valence-electron chi connectivity index (χ2n) is 2.61. The fraction of sp³-hybridized carbons (Fsp3) is 0.286. The van der Waals surface area contributed by atoms with Crippen LogP contribution in [-0.4, -0.2) is 23.3 Å². The number of nitrogens with zero attached hydrogens (tertiary/aromatic N) is 3. The van der Waals surface area contributed by atoms with Crippen LogP contribution in [-0.2, 0) is 4.79 Å². The lowest BCUT2D eigenvalue weighted by atomic mass is 10.3. The van der Waals surface area contributed by atoms with E-state index < -0.39 is 0 Å². The lowest BCUT2D eigenvalue weighted by molar-refractivity contribution is -0.117. The molecule has 0 bridgehead atoms. The van der Waals surface area contributed by atoms with E-state index in [2.05, 4.69) is 14.8 Å². The quantitative estimate of drug-likeness (QED) is 0.678. The first-order valence-corrected chi connectivity index (χ1v) is 3.81. The maximum atomic E-state index is 11.3. The Labute approximate surface area is 74.0 Å². The molecule has 0 atom stereocenters. The van der Waals surface area contributed by atoms with Crippen LogP contribution in [0.15, 0.2) is 22.0 Å². The van der Waals surface area contributed by atoms with Gasteiger partial charge >= 0.3 is 0 Å². The van der Waals surface area contributed by atoms with Gasteiger partial charge in [0.1, 0.15) is 6.26 Å². The lowest BCUT2D eigenvalue weighted by Crippen LogP contribution is -2.19. The van der Waals surface area contributed by atoms with Crippen LogP contribution in [0.4, 0.5) is 5.82 Å². The zero-order valence-corrected chi connectivity index (χ0v) is 6.80. The highest BCUT2D eigenvalue weighted by Gasteiger charge is 2.25. The molecule has 1 amide bonds. The van der Waals surface area contributed by atoms with Gasteiger partial charge in [-0.05, 0) is 0 Å². The van der Waals surface area contributed by atoms with E-state index in [1.165, 1.54) is 11.3 Å². The number of hydrazone groups is 1. The molecule has 0 fully saturated rings. The summed E-state index contributed by atoms with van der Waals surface area (Å²) in [5, 5.41) is 8.78. The fourth-order valence-electron chi connectivity index (χ4n) is 1.09. The molecule has 0 aliphatic carbocycles. The first-order valence-electron chi connectivity index (χ1n) is 3.81. The Morgan fingerprint density at radius 3 is 3.08 bits per heavy atom. The lowest BCUT2D eigenvalue weighted by Gasteiger charge is -2.04. The SMILES string of the molecule is NCC1=NN(c2ccon2)C(=O)C1. The molecule has 0 aromatic carbocycles. The number of nitrogens with two attached hydrogens (primary N) is 1. The van der Waals surface area contributed by atoms with Gasteiger partial charge < -0.3 is 10.3 Å². The summed E-state index contributed by atoms with van der Waals surface area (Å²) in [5.41, 5.74) is 6.02. The van der Waals surface area contributed by atoms with Gasteiger partial charge in [-0.2, -0.15) is 10.1 Å². The first-order chi connectivity index (χ1) is 6.31. The predicted molar refractivity (Wildman–Crippen MR) is 45.1 cm³/mol. The molecule has 2 rings (SSSR count). The van der Waals surface area contributed by atoms with Crippen LogP contribution < -0.4 is 10.7 Å². The summed E-state index contributed by atoms with van der Waals surface area (Å²) in [5.74, 6) is 0.266. The van der Waals surface area contributed by atoms with Crippen molar-refractivity contribution in [1.82, 2.24) is 5.16 Å². The summed E-state index contributed by atoms with van der Waals surface area (Å²) in [6, 6.07) is 1.57. The van der Waals surface area contributed by atoms with Crippen LogP contribution in [0.25, 0.3) is 0 Å². The average molecular weight is 180 g/mol. The van der Waals surface area contributed by atoms with Crippen LogP contribution in [0.2, 0.25) is 0 Å². The molecule has 1 aromatic rings. The number of carbonyl (C=O) groups is 1. The van der Waals surface area contributed by atoms with E-state index in [0.29, 0.717) is 18.1 Å². The zero-order chi connectivity index (χ0) is 9.26. The Hall–Kier alpha value is -1.69. The minimum atomic E-state index is -0.130. The van der Waals surface area contributed by atoms with Gasteiger partial charge in [-0.3, -0.25) is 4.79 Å². The molecule has 68 valence electrons. The van der Waals surface area contributed by atoms with Gasteiger partial charge in [0, 0.05) is 12.6 Å². The molecule has 1 aliphatic rings. The second-order valence-corrected chi connectivity index (χ2v) is 2.61. The molecule has 0 radical (unpaired) electrons. The summed E-state index contributed by atoms with van der Waals surface area (Å²) in [7, 11) is 0. The maximum Gasteiger partial charge on any atom is 0.254 e. The molecule has 1 aliphatic heterocycles. The molecule has 0 spiro atoms. The second kappa shape index (κ2) is 2.98. The Kier molecular flexibility index (Phi) is 1.82. The van der Waals surface area contributed by atoms with Crippen LogP contribution in [0.1, 0.15) is 6.42 Å². The standard InChI is InChI=1S/C7H8N4O2/c8-4-5-3-7(12)11(9-5)6-1-2-13-10-6/h1-2H,3-4,8H2. The predicted octanol–water partition coefficient (Wildman–Crippen LogP) is -0.274. The van der Waals surface area contributed by atoms with E-state index in [9.17, 15) is 4.79 Å². The summed E-state index contributed by atoms with van der Waals surface area (Å²) < 4.78 is 4.60. The van der Waals surface area contributed by atoms with Crippen molar-refractivity contribution in [2.24, 2.45) is 10.8 Å². The highest BCUT2D eigenvalue weighted by atomic mass is 16.5. The van der Waals surface area contributed by atoms with E-state index in [4.69, 9.17) is 5.73 Å². The molecular weight excluding hydrogens is 172 g/mol. The van der Waals surface area contributed by atoms with Gasteiger partial charge in [-0.15, -0.1) is 0 Å². The van der Waals surface area contributed by atoms with Crippen molar-refractivity contribution in [1.29, 1.82) is 0 Å². The number of anilines is 1.